The molecule has 0 atom stereocenters. The summed E-state index contributed by atoms with van der Waals surface area (Å²) in [4.78, 5) is 10.5. The second-order valence-corrected chi connectivity index (χ2v) is 3.47. The predicted molar refractivity (Wildman–Crippen MR) is 63.8 cm³/mol. The maximum Gasteiger partial charge on any atom is 0.150 e. The fourth-order valence-corrected chi connectivity index (χ4v) is 1.56. The van der Waals surface area contributed by atoms with Crippen LogP contribution in [0.5, 0.6) is 5.75 Å². The number of hydrogen-bond donors (Lipinski definition) is 0. The first kappa shape index (κ1) is 10.4. The van der Waals surface area contributed by atoms with Crippen LogP contribution in [0.25, 0.3) is 11.1 Å². The van der Waals surface area contributed by atoms with Crippen molar-refractivity contribution in [3.63, 3.8) is 0 Å². The number of ether oxygens (including phenoxy) is 1. The van der Waals surface area contributed by atoms with Crippen molar-refractivity contribution < 1.29 is 9.53 Å². The molecule has 16 heavy (non-hydrogen) atoms. The molecule has 0 aliphatic carbocycles. The number of carbonyl (C=O) groups excluding carboxylic acids is 1. The Morgan fingerprint density at radius 3 is 2.38 bits per heavy atom. The molecule has 0 saturated heterocycles. The molecule has 0 N–H and O–H groups in total. The van der Waals surface area contributed by atoms with Gasteiger partial charge in [-0.15, -0.1) is 0 Å². The molecule has 2 nitrogen and oxygen atoms in total. The van der Waals surface area contributed by atoms with Gasteiger partial charge in [0.05, 0.1) is 7.11 Å². The van der Waals surface area contributed by atoms with E-state index in [0.717, 1.165) is 23.2 Å². The van der Waals surface area contributed by atoms with Crippen LogP contribution in [0.1, 0.15) is 10.4 Å². The number of benzene rings is 2. The van der Waals surface area contributed by atoms with Gasteiger partial charge < -0.3 is 4.74 Å². The highest BCUT2D eigenvalue weighted by molar-refractivity contribution is 5.77. The lowest BCUT2D eigenvalue weighted by Gasteiger charge is -2.04. The summed E-state index contributed by atoms with van der Waals surface area (Å²) < 4.78 is 5.17. The number of rotatable bonds is 3. The molecule has 0 unspecified atom stereocenters. The lowest BCUT2D eigenvalue weighted by Crippen LogP contribution is -1.84. The van der Waals surface area contributed by atoms with Crippen LogP contribution >= 0.6 is 0 Å². The van der Waals surface area contributed by atoms with Crippen LogP contribution in [0, 0.1) is 0 Å². The summed E-state index contributed by atoms with van der Waals surface area (Å²) in [7, 11) is 1.65. The summed E-state index contributed by atoms with van der Waals surface area (Å²) in [6, 6.07) is 15.3. The van der Waals surface area contributed by atoms with Gasteiger partial charge in [0.2, 0.25) is 0 Å². The van der Waals surface area contributed by atoms with E-state index in [4.69, 9.17) is 4.74 Å². The lowest BCUT2D eigenvalue weighted by molar-refractivity contribution is 0.112. The minimum absolute atomic E-state index is 0.687. The Balaban J connectivity index is 2.38. The second-order valence-electron chi connectivity index (χ2n) is 3.47. The van der Waals surface area contributed by atoms with Gasteiger partial charge in [0, 0.05) is 5.56 Å². The highest BCUT2D eigenvalue weighted by atomic mass is 16.5. The standard InChI is InChI=1S/C14H12O2/c1-16-14-4-2-3-13(9-14)12-7-5-11(10-15)6-8-12/h2-10H,1H3. The third-order valence-electron chi connectivity index (χ3n) is 2.45. The van der Waals surface area contributed by atoms with Gasteiger partial charge in [-0.3, -0.25) is 4.79 Å². The molecule has 0 spiro atoms. The predicted octanol–water partition coefficient (Wildman–Crippen LogP) is 3.17. The van der Waals surface area contributed by atoms with Gasteiger partial charge in [-0.05, 0) is 23.3 Å². The fourth-order valence-electron chi connectivity index (χ4n) is 1.56. The molecule has 80 valence electrons. The molecule has 0 aromatic heterocycles. The Bertz CT molecular complexity index is 486. The number of hydrogen-bond acceptors (Lipinski definition) is 2. The first-order valence-corrected chi connectivity index (χ1v) is 5.03. The molecule has 0 radical (unpaired) electrons. The van der Waals surface area contributed by atoms with Crippen LogP contribution in [0.4, 0.5) is 0 Å². The van der Waals surface area contributed by atoms with Gasteiger partial charge in [0.25, 0.3) is 0 Å². The maximum absolute atomic E-state index is 10.5. The Labute approximate surface area is 94.5 Å². The van der Waals surface area contributed by atoms with Crippen LogP contribution in [0.15, 0.2) is 48.5 Å². The minimum atomic E-state index is 0.687. The van der Waals surface area contributed by atoms with Crippen molar-refractivity contribution >= 4 is 6.29 Å². The van der Waals surface area contributed by atoms with Crippen LogP contribution in [0.3, 0.4) is 0 Å². The van der Waals surface area contributed by atoms with E-state index in [-0.39, 0.29) is 0 Å². The fraction of sp³-hybridized carbons (Fsp3) is 0.0714. The van der Waals surface area contributed by atoms with Gasteiger partial charge in [0.15, 0.2) is 0 Å². The molecule has 2 heteroatoms. The lowest BCUT2D eigenvalue weighted by atomic mass is 10.0. The monoisotopic (exact) mass is 212 g/mol. The second kappa shape index (κ2) is 4.62. The van der Waals surface area contributed by atoms with Gasteiger partial charge in [-0.2, -0.15) is 0 Å². The molecule has 0 saturated carbocycles. The van der Waals surface area contributed by atoms with Crippen molar-refractivity contribution in [1.82, 2.24) is 0 Å². The van der Waals surface area contributed by atoms with E-state index in [9.17, 15) is 4.79 Å². The van der Waals surface area contributed by atoms with E-state index in [1.807, 2.05) is 48.5 Å². The van der Waals surface area contributed by atoms with E-state index >= 15 is 0 Å². The zero-order chi connectivity index (χ0) is 11.4. The highest BCUT2D eigenvalue weighted by Gasteiger charge is 1.99. The van der Waals surface area contributed by atoms with E-state index in [1.165, 1.54) is 0 Å². The van der Waals surface area contributed by atoms with Gasteiger partial charge in [0.1, 0.15) is 12.0 Å². The molecule has 0 heterocycles. The van der Waals surface area contributed by atoms with Crippen LogP contribution in [-0.4, -0.2) is 13.4 Å². The zero-order valence-electron chi connectivity index (χ0n) is 9.01. The third kappa shape index (κ3) is 2.11. The van der Waals surface area contributed by atoms with Crippen molar-refractivity contribution in [2.75, 3.05) is 7.11 Å². The largest absolute Gasteiger partial charge is 0.497 e. The molecule has 0 fully saturated rings. The number of methoxy groups -OCH3 is 1. The number of aldehydes is 1. The Kier molecular flexibility index (Phi) is 3.01. The Morgan fingerprint density at radius 1 is 1.00 bits per heavy atom. The van der Waals surface area contributed by atoms with E-state index < -0.39 is 0 Å². The topological polar surface area (TPSA) is 26.3 Å². The van der Waals surface area contributed by atoms with Crippen LogP contribution < -0.4 is 4.74 Å². The summed E-state index contributed by atoms with van der Waals surface area (Å²) in [5, 5.41) is 0. The summed E-state index contributed by atoms with van der Waals surface area (Å²) in [6.45, 7) is 0. The SMILES string of the molecule is COc1cccc(-c2ccc(C=O)cc2)c1. The summed E-state index contributed by atoms with van der Waals surface area (Å²) in [5.74, 6) is 0.831. The quantitative estimate of drug-likeness (QED) is 0.730. The smallest absolute Gasteiger partial charge is 0.150 e. The molecule has 2 rings (SSSR count). The van der Waals surface area contributed by atoms with Crippen molar-refractivity contribution in [3.8, 4) is 16.9 Å². The van der Waals surface area contributed by atoms with Crippen molar-refractivity contribution in [2.45, 2.75) is 0 Å². The molecule has 2 aromatic rings. The minimum Gasteiger partial charge on any atom is -0.497 e. The van der Waals surface area contributed by atoms with E-state index in [2.05, 4.69) is 0 Å². The normalized spacial score (nSPS) is 9.81. The van der Waals surface area contributed by atoms with Crippen LogP contribution in [-0.2, 0) is 0 Å². The van der Waals surface area contributed by atoms with E-state index in [1.54, 1.807) is 7.11 Å². The summed E-state index contributed by atoms with van der Waals surface area (Å²) in [6.07, 6.45) is 0.843. The van der Waals surface area contributed by atoms with Gasteiger partial charge in [-0.25, -0.2) is 0 Å². The molecule has 0 aliphatic rings. The Hall–Kier alpha value is -2.09. The maximum atomic E-state index is 10.5. The molecule has 0 amide bonds. The van der Waals surface area contributed by atoms with Gasteiger partial charge in [-0.1, -0.05) is 36.4 Å². The Morgan fingerprint density at radius 2 is 1.75 bits per heavy atom. The third-order valence-corrected chi connectivity index (χ3v) is 2.45. The molecular weight excluding hydrogens is 200 g/mol. The number of carbonyl (C=O) groups is 1. The average Bonchev–Trinajstić information content (AvgIpc) is 2.39. The van der Waals surface area contributed by atoms with E-state index in [0.29, 0.717) is 5.56 Å². The molecule has 0 bridgehead atoms. The zero-order valence-corrected chi connectivity index (χ0v) is 9.01. The molecular formula is C14H12O2. The summed E-state index contributed by atoms with van der Waals surface area (Å²) >= 11 is 0. The van der Waals surface area contributed by atoms with Gasteiger partial charge >= 0.3 is 0 Å². The highest BCUT2D eigenvalue weighted by Crippen LogP contribution is 2.23. The molecule has 0 aliphatic heterocycles. The first-order valence-electron chi connectivity index (χ1n) is 5.03. The summed E-state index contributed by atoms with van der Waals surface area (Å²) in [5.41, 5.74) is 2.84. The average molecular weight is 212 g/mol. The molecule has 2 aromatic carbocycles. The van der Waals surface area contributed by atoms with Crippen molar-refractivity contribution in [1.29, 1.82) is 0 Å². The first-order chi connectivity index (χ1) is 7.83. The van der Waals surface area contributed by atoms with Crippen molar-refractivity contribution in [3.05, 3.63) is 54.1 Å². The van der Waals surface area contributed by atoms with Crippen LogP contribution in [0.2, 0.25) is 0 Å². The van der Waals surface area contributed by atoms with Crippen molar-refractivity contribution in [2.24, 2.45) is 0 Å².